The van der Waals surface area contributed by atoms with E-state index < -0.39 is 0 Å². The van der Waals surface area contributed by atoms with E-state index in [0.29, 0.717) is 12.4 Å². The zero-order chi connectivity index (χ0) is 13.0. The second-order valence-corrected chi connectivity index (χ2v) is 4.11. The van der Waals surface area contributed by atoms with Gasteiger partial charge in [0.2, 0.25) is 0 Å². The molecule has 3 nitrogen and oxygen atoms in total. The number of hydrogen-bond acceptors (Lipinski definition) is 3. The molecule has 0 aliphatic carbocycles. The third-order valence-electron chi connectivity index (χ3n) is 2.70. The van der Waals surface area contributed by atoms with Crippen LogP contribution in [0.15, 0.2) is 30.5 Å². The number of rotatable bonds is 4. The van der Waals surface area contributed by atoms with Crippen molar-refractivity contribution in [2.75, 3.05) is 6.54 Å². The summed E-state index contributed by atoms with van der Waals surface area (Å²) < 4.78 is 13.1. The molecule has 0 fully saturated rings. The minimum Gasteiger partial charge on any atom is -0.311 e. The van der Waals surface area contributed by atoms with E-state index in [2.05, 4.69) is 15.3 Å². The van der Waals surface area contributed by atoms with Crippen LogP contribution in [0.5, 0.6) is 0 Å². The summed E-state index contributed by atoms with van der Waals surface area (Å²) in [6, 6.07) is 6.53. The van der Waals surface area contributed by atoms with Gasteiger partial charge in [0.25, 0.3) is 0 Å². The molecule has 0 bridgehead atoms. The second-order valence-electron chi connectivity index (χ2n) is 4.11. The number of hydrogen-bond donors (Lipinski definition) is 1. The van der Waals surface area contributed by atoms with E-state index in [9.17, 15) is 4.39 Å². The van der Waals surface area contributed by atoms with Gasteiger partial charge < -0.3 is 5.32 Å². The molecule has 1 N–H and O–H groups in total. The van der Waals surface area contributed by atoms with Crippen LogP contribution >= 0.6 is 0 Å². The van der Waals surface area contributed by atoms with Gasteiger partial charge in [0.1, 0.15) is 5.82 Å². The minimum absolute atomic E-state index is 0.236. The van der Waals surface area contributed by atoms with Crippen molar-refractivity contribution in [2.45, 2.75) is 20.4 Å². The largest absolute Gasteiger partial charge is 0.311 e. The smallest absolute Gasteiger partial charge is 0.159 e. The van der Waals surface area contributed by atoms with Gasteiger partial charge in [-0.2, -0.15) is 0 Å². The van der Waals surface area contributed by atoms with Crippen LogP contribution in [-0.4, -0.2) is 16.5 Å². The van der Waals surface area contributed by atoms with Crippen molar-refractivity contribution in [1.29, 1.82) is 0 Å². The molecule has 0 aliphatic heterocycles. The standard InChI is InChI=1S/C14H16FN3/c1-3-16-9-12-6-7-17-14(18-12)13-5-4-11(15)8-10(13)2/h4-8,16H,3,9H2,1-2H3. The van der Waals surface area contributed by atoms with Crippen molar-refractivity contribution < 1.29 is 4.39 Å². The molecule has 0 saturated heterocycles. The molecule has 2 rings (SSSR count). The highest BCUT2D eigenvalue weighted by atomic mass is 19.1. The van der Waals surface area contributed by atoms with Crippen LogP contribution in [0.4, 0.5) is 4.39 Å². The fraction of sp³-hybridized carbons (Fsp3) is 0.286. The van der Waals surface area contributed by atoms with E-state index in [1.165, 1.54) is 12.1 Å². The Hall–Kier alpha value is -1.81. The molecule has 0 saturated carbocycles. The first-order valence-corrected chi connectivity index (χ1v) is 6.00. The average molecular weight is 245 g/mol. The van der Waals surface area contributed by atoms with Gasteiger partial charge in [-0.25, -0.2) is 14.4 Å². The Bertz CT molecular complexity index is 540. The predicted molar refractivity (Wildman–Crippen MR) is 69.5 cm³/mol. The number of nitrogens with one attached hydrogen (secondary N) is 1. The summed E-state index contributed by atoms with van der Waals surface area (Å²) >= 11 is 0. The van der Waals surface area contributed by atoms with Gasteiger partial charge in [-0.1, -0.05) is 6.92 Å². The SMILES string of the molecule is CCNCc1ccnc(-c2ccc(F)cc2C)n1. The molecule has 0 amide bonds. The molecule has 0 spiro atoms. The molecule has 1 heterocycles. The molecular formula is C14H16FN3. The fourth-order valence-corrected chi connectivity index (χ4v) is 1.76. The highest BCUT2D eigenvalue weighted by Crippen LogP contribution is 2.20. The number of nitrogens with zero attached hydrogens (tertiary/aromatic N) is 2. The van der Waals surface area contributed by atoms with Crippen LogP contribution in [0, 0.1) is 12.7 Å². The monoisotopic (exact) mass is 245 g/mol. The summed E-state index contributed by atoms with van der Waals surface area (Å²) in [5.41, 5.74) is 2.65. The van der Waals surface area contributed by atoms with Crippen LogP contribution in [0.3, 0.4) is 0 Å². The summed E-state index contributed by atoms with van der Waals surface area (Å²) in [5, 5.41) is 3.22. The fourth-order valence-electron chi connectivity index (χ4n) is 1.76. The van der Waals surface area contributed by atoms with Crippen LogP contribution in [0.1, 0.15) is 18.2 Å². The summed E-state index contributed by atoms with van der Waals surface area (Å²) in [5.74, 6) is 0.406. The van der Waals surface area contributed by atoms with E-state index >= 15 is 0 Å². The molecule has 0 aliphatic rings. The quantitative estimate of drug-likeness (QED) is 0.900. The summed E-state index contributed by atoms with van der Waals surface area (Å²) in [6.45, 7) is 5.52. The predicted octanol–water partition coefficient (Wildman–Crippen LogP) is 2.70. The summed E-state index contributed by atoms with van der Waals surface area (Å²) in [6.07, 6.45) is 1.73. The van der Waals surface area contributed by atoms with Gasteiger partial charge in [-0.15, -0.1) is 0 Å². The zero-order valence-corrected chi connectivity index (χ0v) is 10.6. The highest BCUT2D eigenvalue weighted by Gasteiger charge is 2.06. The number of halogens is 1. The lowest BCUT2D eigenvalue weighted by Crippen LogP contribution is -2.13. The lowest BCUT2D eigenvalue weighted by atomic mass is 10.1. The van der Waals surface area contributed by atoms with E-state index in [1.54, 1.807) is 12.3 Å². The molecule has 0 unspecified atom stereocenters. The van der Waals surface area contributed by atoms with Crippen LogP contribution in [-0.2, 0) is 6.54 Å². The van der Waals surface area contributed by atoms with Gasteiger partial charge in [0.15, 0.2) is 5.82 Å². The highest BCUT2D eigenvalue weighted by molar-refractivity contribution is 5.59. The third-order valence-corrected chi connectivity index (χ3v) is 2.70. The number of aromatic nitrogens is 2. The van der Waals surface area contributed by atoms with Crippen molar-refractivity contribution in [1.82, 2.24) is 15.3 Å². The topological polar surface area (TPSA) is 37.8 Å². The Labute approximate surface area is 106 Å². The summed E-state index contributed by atoms with van der Waals surface area (Å²) in [7, 11) is 0. The van der Waals surface area contributed by atoms with Gasteiger partial charge >= 0.3 is 0 Å². The normalized spacial score (nSPS) is 10.6. The number of aryl methyl sites for hydroxylation is 1. The number of benzene rings is 1. The lowest BCUT2D eigenvalue weighted by Gasteiger charge is -2.06. The van der Waals surface area contributed by atoms with E-state index in [4.69, 9.17) is 0 Å². The van der Waals surface area contributed by atoms with E-state index in [-0.39, 0.29) is 5.82 Å². The molecule has 18 heavy (non-hydrogen) atoms. The summed E-state index contributed by atoms with van der Waals surface area (Å²) in [4.78, 5) is 8.72. The Kier molecular flexibility index (Phi) is 3.99. The zero-order valence-electron chi connectivity index (χ0n) is 10.6. The second kappa shape index (κ2) is 5.69. The van der Waals surface area contributed by atoms with Crippen molar-refractivity contribution >= 4 is 0 Å². The van der Waals surface area contributed by atoms with E-state index in [1.807, 2.05) is 19.9 Å². The molecule has 1 aromatic heterocycles. The Morgan fingerprint density at radius 3 is 2.83 bits per heavy atom. The van der Waals surface area contributed by atoms with Crippen molar-refractivity contribution in [3.8, 4) is 11.4 Å². The molecule has 2 aromatic rings. The van der Waals surface area contributed by atoms with E-state index in [0.717, 1.165) is 23.4 Å². The third kappa shape index (κ3) is 2.90. The van der Waals surface area contributed by atoms with Gasteiger partial charge in [-0.3, -0.25) is 0 Å². The van der Waals surface area contributed by atoms with Crippen molar-refractivity contribution in [3.05, 3.63) is 47.5 Å². The van der Waals surface area contributed by atoms with Crippen molar-refractivity contribution in [3.63, 3.8) is 0 Å². The maximum Gasteiger partial charge on any atom is 0.159 e. The molecule has 1 aromatic carbocycles. The average Bonchev–Trinajstić information content (AvgIpc) is 2.36. The maximum atomic E-state index is 13.1. The van der Waals surface area contributed by atoms with Gasteiger partial charge in [-0.05, 0) is 43.3 Å². The van der Waals surface area contributed by atoms with Crippen molar-refractivity contribution in [2.24, 2.45) is 0 Å². The van der Waals surface area contributed by atoms with Crippen LogP contribution in [0.2, 0.25) is 0 Å². The van der Waals surface area contributed by atoms with Crippen LogP contribution in [0.25, 0.3) is 11.4 Å². The molecular weight excluding hydrogens is 229 g/mol. The first-order chi connectivity index (χ1) is 8.70. The Balaban J connectivity index is 2.32. The van der Waals surface area contributed by atoms with Crippen LogP contribution < -0.4 is 5.32 Å². The molecule has 0 radical (unpaired) electrons. The van der Waals surface area contributed by atoms with Gasteiger partial charge in [0, 0.05) is 18.3 Å². The molecule has 94 valence electrons. The minimum atomic E-state index is -0.236. The first kappa shape index (κ1) is 12.6. The maximum absolute atomic E-state index is 13.1. The molecule has 4 heteroatoms. The van der Waals surface area contributed by atoms with Gasteiger partial charge in [0.05, 0.1) is 5.69 Å². The Morgan fingerprint density at radius 2 is 2.11 bits per heavy atom. The molecule has 0 atom stereocenters. The first-order valence-electron chi connectivity index (χ1n) is 6.00. The Morgan fingerprint density at radius 1 is 1.28 bits per heavy atom. The lowest BCUT2D eigenvalue weighted by molar-refractivity contribution is 0.627.